The van der Waals surface area contributed by atoms with Crippen LogP contribution in [0.3, 0.4) is 0 Å². The molecular weight excluding hydrogens is 368 g/mol. The maximum absolute atomic E-state index is 6.03. The van der Waals surface area contributed by atoms with Crippen molar-refractivity contribution in [3.8, 4) is 0 Å². The zero-order chi connectivity index (χ0) is 19.0. The van der Waals surface area contributed by atoms with Gasteiger partial charge in [-0.25, -0.2) is 0 Å². The van der Waals surface area contributed by atoms with E-state index in [0.717, 1.165) is 49.9 Å². The summed E-state index contributed by atoms with van der Waals surface area (Å²) in [7, 11) is 0. The molecule has 0 saturated carbocycles. The second-order valence-electron chi connectivity index (χ2n) is 7.92. The van der Waals surface area contributed by atoms with Crippen LogP contribution in [0.2, 0.25) is 5.02 Å². The van der Waals surface area contributed by atoms with Gasteiger partial charge in [-0.2, -0.15) is 0 Å². The lowest BCUT2D eigenvalue weighted by molar-refractivity contribution is 0.305. The van der Waals surface area contributed by atoms with E-state index in [1.165, 1.54) is 16.9 Å². The lowest BCUT2D eigenvalue weighted by Gasteiger charge is -2.26. The number of pyridine rings is 2. The van der Waals surface area contributed by atoms with Gasteiger partial charge in [-0.15, -0.1) is 0 Å². The highest BCUT2D eigenvalue weighted by Crippen LogP contribution is 2.45. The quantitative estimate of drug-likeness (QED) is 0.665. The molecule has 4 heterocycles. The Morgan fingerprint density at radius 3 is 2.57 bits per heavy atom. The molecule has 2 aromatic heterocycles. The van der Waals surface area contributed by atoms with Crippen molar-refractivity contribution < 1.29 is 0 Å². The average molecular weight is 391 g/mol. The zero-order valence-corrected chi connectivity index (χ0v) is 16.5. The van der Waals surface area contributed by atoms with Crippen molar-refractivity contribution in [3.63, 3.8) is 0 Å². The number of rotatable bonds is 4. The van der Waals surface area contributed by atoms with Crippen LogP contribution in [0.1, 0.15) is 23.4 Å². The number of benzene rings is 1. The smallest absolute Gasteiger partial charge is 0.0729 e. The fourth-order valence-corrected chi connectivity index (χ4v) is 4.80. The van der Waals surface area contributed by atoms with E-state index in [-0.39, 0.29) is 5.41 Å². The molecule has 4 nitrogen and oxygen atoms in total. The van der Waals surface area contributed by atoms with Crippen LogP contribution in [-0.2, 0) is 18.5 Å². The van der Waals surface area contributed by atoms with Gasteiger partial charge in [0.15, 0.2) is 0 Å². The molecule has 0 aliphatic carbocycles. The monoisotopic (exact) mass is 390 g/mol. The summed E-state index contributed by atoms with van der Waals surface area (Å²) in [5, 5.41) is 0.792. The largest absolute Gasteiger partial charge is 0.363 e. The van der Waals surface area contributed by atoms with Crippen molar-refractivity contribution in [2.24, 2.45) is 0 Å². The first kappa shape index (κ1) is 17.7. The molecule has 0 radical (unpaired) electrons. The van der Waals surface area contributed by atoms with Gasteiger partial charge in [0, 0.05) is 42.5 Å². The maximum Gasteiger partial charge on any atom is 0.0729 e. The summed E-state index contributed by atoms with van der Waals surface area (Å²) >= 11 is 6.03. The van der Waals surface area contributed by atoms with Crippen LogP contribution in [0.4, 0.5) is 5.69 Å². The maximum atomic E-state index is 6.03. The number of anilines is 1. The SMILES string of the molecule is Clc1ccc(CN2CC[C@@]3(C2)CN(Cc2ccccn2)c2cccnc23)cc1. The van der Waals surface area contributed by atoms with Gasteiger partial charge in [0.2, 0.25) is 0 Å². The summed E-state index contributed by atoms with van der Waals surface area (Å²) < 4.78 is 0. The van der Waals surface area contributed by atoms with Crippen LogP contribution in [-0.4, -0.2) is 34.5 Å². The molecule has 0 amide bonds. The molecule has 0 unspecified atom stereocenters. The highest BCUT2D eigenvalue weighted by Gasteiger charge is 2.48. The first-order valence-electron chi connectivity index (χ1n) is 9.79. The predicted octanol–water partition coefficient (Wildman–Crippen LogP) is 4.29. The minimum atomic E-state index is 0.109. The third kappa shape index (κ3) is 3.27. The number of aromatic nitrogens is 2. The Balaban J connectivity index is 1.37. The second-order valence-corrected chi connectivity index (χ2v) is 8.35. The van der Waals surface area contributed by atoms with Gasteiger partial charge in [-0.1, -0.05) is 29.8 Å². The van der Waals surface area contributed by atoms with E-state index in [2.05, 4.69) is 45.1 Å². The highest BCUT2D eigenvalue weighted by molar-refractivity contribution is 6.30. The predicted molar refractivity (Wildman–Crippen MR) is 113 cm³/mol. The zero-order valence-electron chi connectivity index (χ0n) is 15.8. The Labute approximate surface area is 170 Å². The number of hydrogen-bond donors (Lipinski definition) is 0. The molecule has 5 rings (SSSR count). The van der Waals surface area contributed by atoms with Gasteiger partial charge < -0.3 is 4.90 Å². The van der Waals surface area contributed by atoms with Gasteiger partial charge in [-0.05, 0) is 54.9 Å². The molecule has 0 bridgehead atoms. The Morgan fingerprint density at radius 1 is 0.893 bits per heavy atom. The topological polar surface area (TPSA) is 32.3 Å². The summed E-state index contributed by atoms with van der Waals surface area (Å²) in [4.78, 5) is 14.4. The average Bonchev–Trinajstić information content (AvgIpc) is 3.26. The number of halogens is 1. The summed E-state index contributed by atoms with van der Waals surface area (Å²) in [5.41, 5.74) is 5.04. The van der Waals surface area contributed by atoms with Gasteiger partial charge in [0.25, 0.3) is 0 Å². The van der Waals surface area contributed by atoms with Crippen molar-refractivity contribution >= 4 is 17.3 Å². The Bertz CT molecular complexity index is 960. The standard InChI is InChI=1S/C23H23ClN4/c24-19-8-6-18(7-9-19)14-27-13-10-23(16-27)17-28(15-20-4-1-2-11-25-20)21-5-3-12-26-22(21)23/h1-9,11-12H,10,13-17H2/t23-/m1/s1. The fourth-order valence-electron chi connectivity index (χ4n) is 4.68. The van der Waals surface area contributed by atoms with E-state index in [4.69, 9.17) is 16.6 Å². The molecule has 1 saturated heterocycles. The second kappa shape index (κ2) is 7.19. The Hall–Kier alpha value is -2.43. The van der Waals surface area contributed by atoms with E-state index in [1.807, 2.05) is 36.7 Å². The molecular formula is C23H23ClN4. The molecule has 142 valence electrons. The first-order chi connectivity index (χ1) is 13.7. The van der Waals surface area contributed by atoms with Crippen LogP contribution < -0.4 is 4.90 Å². The van der Waals surface area contributed by atoms with Crippen LogP contribution in [0.15, 0.2) is 67.0 Å². The van der Waals surface area contributed by atoms with Crippen LogP contribution in [0.25, 0.3) is 0 Å². The summed E-state index contributed by atoms with van der Waals surface area (Å²) in [6, 6.07) is 18.6. The third-order valence-electron chi connectivity index (χ3n) is 5.95. The molecule has 1 aromatic carbocycles. The summed E-state index contributed by atoms with van der Waals surface area (Å²) in [6.45, 7) is 4.93. The van der Waals surface area contributed by atoms with E-state index in [0.29, 0.717) is 0 Å². The van der Waals surface area contributed by atoms with E-state index < -0.39 is 0 Å². The van der Waals surface area contributed by atoms with Crippen LogP contribution in [0.5, 0.6) is 0 Å². The fraction of sp³-hybridized carbons (Fsp3) is 0.304. The first-order valence-corrected chi connectivity index (χ1v) is 10.2. The number of nitrogens with zero attached hydrogens (tertiary/aromatic N) is 4. The summed E-state index contributed by atoms with van der Waals surface area (Å²) in [5.74, 6) is 0. The molecule has 28 heavy (non-hydrogen) atoms. The lowest BCUT2D eigenvalue weighted by atomic mass is 9.85. The van der Waals surface area contributed by atoms with Crippen molar-refractivity contribution in [1.82, 2.24) is 14.9 Å². The lowest BCUT2D eigenvalue weighted by Crippen LogP contribution is -2.36. The van der Waals surface area contributed by atoms with Crippen molar-refractivity contribution in [3.05, 3.63) is 89.0 Å². The molecule has 2 aliphatic heterocycles. The van der Waals surface area contributed by atoms with Gasteiger partial charge >= 0.3 is 0 Å². The molecule has 2 aliphatic rings. The van der Waals surface area contributed by atoms with E-state index in [9.17, 15) is 0 Å². The Kier molecular flexibility index (Phi) is 4.53. The van der Waals surface area contributed by atoms with E-state index >= 15 is 0 Å². The van der Waals surface area contributed by atoms with E-state index in [1.54, 1.807) is 0 Å². The van der Waals surface area contributed by atoms with Crippen LogP contribution >= 0.6 is 11.6 Å². The molecule has 1 spiro atoms. The molecule has 0 N–H and O–H groups in total. The van der Waals surface area contributed by atoms with Crippen LogP contribution in [0, 0.1) is 0 Å². The molecule has 3 aromatic rings. The van der Waals surface area contributed by atoms with Gasteiger partial charge in [-0.3, -0.25) is 14.9 Å². The minimum Gasteiger partial charge on any atom is -0.363 e. The highest BCUT2D eigenvalue weighted by atomic mass is 35.5. The molecule has 1 atom stereocenters. The number of fused-ring (bicyclic) bond motifs is 2. The van der Waals surface area contributed by atoms with Gasteiger partial charge in [0.1, 0.15) is 0 Å². The molecule has 5 heteroatoms. The third-order valence-corrected chi connectivity index (χ3v) is 6.21. The van der Waals surface area contributed by atoms with Crippen molar-refractivity contribution in [2.45, 2.75) is 24.9 Å². The minimum absolute atomic E-state index is 0.109. The van der Waals surface area contributed by atoms with Gasteiger partial charge in [0.05, 0.1) is 23.6 Å². The number of hydrogen-bond acceptors (Lipinski definition) is 4. The van der Waals surface area contributed by atoms with Crippen molar-refractivity contribution in [1.29, 1.82) is 0 Å². The Morgan fingerprint density at radius 2 is 1.75 bits per heavy atom. The normalized spacial score (nSPS) is 21.4. The van der Waals surface area contributed by atoms with Crippen molar-refractivity contribution in [2.75, 3.05) is 24.5 Å². The number of likely N-dealkylation sites (tertiary alicyclic amines) is 1. The summed E-state index contributed by atoms with van der Waals surface area (Å²) in [6.07, 6.45) is 4.95. The molecule has 1 fully saturated rings.